The summed E-state index contributed by atoms with van der Waals surface area (Å²) in [5.41, 5.74) is 0.268. The van der Waals surface area contributed by atoms with Gasteiger partial charge in [-0.3, -0.25) is 0 Å². The molecule has 0 spiro atoms. The molecule has 0 saturated heterocycles. The normalized spacial score (nSPS) is 10.3. The van der Waals surface area contributed by atoms with E-state index in [0.717, 1.165) is 4.90 Å². The van der Waals surface area contributed by atoms with Crippen molar-refractivity contribution < 1.29 is 19.4 Å². The average Bonchev–Trinajstić information content (AvgIpc) is 2.42. The summed E-state index contributed by atoms with van der Waals surface area (Å²) in [5, 5.41) is 11.4. The summed E-state index contributed by atoms with van der Waals surface area (Å²) < 4.78 is 4.97. The molecule has 0 aliphatic rings. The molecular formula is C14H19NO4S. The standard InChI is InChI=1S/C14H19NO4S/c1-10(2)9-19-14(18)15-7-8-20-12-5-3-11(4-6-12)13(16)17/h3-6,10H,7-9H2,1-2H3,(H,15,18)(H,16,17). The smallest absolute Gasteiger partial charge is 0.407 e. The number of rotatable bonds is 7. The topological polar surface area (TPSA) is 75.6 Å². The first-order valence-electron chi connectivity index (χ1n) is 6.36. The summed E-state index contributed by atoms with van der Waals surface area (Å²) in [6, 6.07) is 6.64. The molecule has 0 aliphatic carbocycles. The fourth-order valence-electron chi connectivity index (χ4n) is 1.31. The second-order valence-corrected chi connectivity index (χ2v) is 5.77. The molecule has 5 nitrogen and oxygen atoms in total. The van der Waals surface area contributed by atoms with Gasteiger partial charge in [-0.05, 0) is 30.2 Å². The molecule has 2 N–H and O–H groups in total. The van der Waals surface area contributed by atoms with E-state index in [-0.39, 0.29) is 5.56 Å². The van der Waals surface area contributed by atoms with Gasteiger partial charge in [0.05, 0.1) is 12.2 Å². The number of carboxylic acids is 1. The van der Waals surface area contributed by atoms with Crippen LogP contribution in [0.25, 0.3) is 0 Å². The Morgan fingerprint density at radius 3 is 2.50 bits per heavy atom. The van der Waals surface area contributed by atoms with Crippen LogP contribution >= 0.6 is 11.8 Å². The molecule has 0 saturated carbocycles. The molecule has 1 rings (SSSR count). The lowest BCUT2D eigenvalue weighted by Gasteiger charge is -2.08. The van der Waals surface area contributed by atoms with E-state index in [4.69, 9.17) is 9.84 Å². The minimum atomic E-state index is -0.934. The second-order valence-electron chi connectivity index (χ2n) is 4.60. The van der Waals surface area contributed by atoms with Gasteiger partial charge in [0, 0.05) is 17.2 Å². The fraction of sp³-hybridized carbons (Fsp3) is 0.429. The van der Waals surface area contributed by atoms with Crippen LogP contribution in [0.5, 0.6) is 0 Å². The SMILES string of the molecule is CC(C)COC(=O)NCCSc1ccc(C(=O)O)cc1. The number of alkyl carbamates (subject to hydrolysis) is 1. The zero-order chi connectivity index (χ0) is 15.0. The quantitative estimate of drug-likeness (QED) is 0.598. The maximum Gasteiger partial charge on any atom is 0.407 e. The highest BCUT2D eigenvalue weighted by Gasteiger charge is 2.04. The number of aromatic carboxylic acids is 1. The summed E-state index contributed by atoms with van der Waals surface area (Å²) in [5.74, 6) is 0.0856. The minimum absolute atomic E-state index is 0.268. The number of carboxylic acid groups (broad SMARTS) is 1. The minimum Gasteiger partial charge on any atom is -0.478 e. The van der Waals surface area contributed by atoms with Crippen LogP contribution in [0.1, 0.15) is 24.2 Å². The van der Waals surface area contributed by atoms with Crippen LogP contribution in [0.4, 0.5) is 4.79 Å². The van der Waals surface area contributed by atoms with Crippen LogP contribution in [-0.2, 0) is 4.74 Å². The number of thioether (sulfide) groups is 1. The van der Waals surface area contributed by atoms with Gasteiger partial charge in [-0.1, -0.05) is 13.8 Å². The van der Waals surface area contributed by atoms with Gasteiger partial charge in [0.25, 0.3) is 0 Å². The Kier molecular flexibility index (Phi) is 6.93. The zero-order valence-electron chi connectivity index (χ0n) is 11.6. The third-order valence-electron chi connectivity index (χ3n) is 2.29. The first-order valence-corrected chi connectivity index (χ1v) is 7.34. The molecule has 1 aromatic carbocycles. The molecule has 110 valence electrons. The first kappa shape index (κ1) is 16.4. The van der Waals surface area contributed by atoms with Crippen molar-refractivity contribution in [2.75, 3.05) is 18.9 Å². The Morgan fingerprint density at radius 2 is 1.95 bits per heavy atom. The Hall–Kier alpha value is -1.69. The molecular weight excluding hydrogens is 278 g/mol. The molecule has 0 fully saturated rings. The molecule has 20 heavy (non-hydrogen) atoms. The lowest BCUT2D eigenvalue weighted by atomic mass is 10.2. The third-order valence-corrected chi connectivity index (χ3v) is 3.30. The number of carbonyl (C=O) groups is 2. The van der Waals surface area contributed by atoms with Crippen LogP contribution in [0, 0.1) is 5.92 Å². The molecule has 1 aromatic rings. The van der Waals surface area contributed by atoms with Gasteiger partial charge in [-0.2, -0.15) is 0 Å². The highest BCUT2D eigenvalue weighted by atomic mass is 32.2. The number of hydrogen-bond donors (Lipinski definition) is 2. The van der Waals surface area contributed by atoms with Crippen molar-refractivity contribution in [3.05, 3.63) is 29.8 Å². The second kappa shape index (κ2) is 8.47. The van der Waals surface area contributed by atoms with Crippen LogP contribution in [0.2, 0.25) is 0 Å². The predicted molar refractivity (Wildman–Crippen MR) is 78.3 cm³/mol. The molecule has 0 heterocycles. The molecule has 6 heteroatoms. The zero-order valence-corrected chi connectivity index (χ0v) is 12.4. The van der Waals surface area contributed by atoms with Gasteiger partial charge in [0.1, 0.15) is 0 Å². The monoisotopic (exact) mass is 297 g/mol. The molecule has 0 unspecified atom stereocenters. The number of carbonyl (C=O) groups excluding carboxylic acids is 1. The maximum absolute atomic E-state index is 11.3. The maximum atomic E-state index is 11.3. The van der Waals surface area contributed by atoms with Crippen molar-refractivity contribution in [3.63, 3.8) is 0 Å². The third kappa shape index (κ3) is 6.47. The van der Waals surface area contributed by atoms with Crippen molar-refractivity contribution in [2.24, 2.45) is 5.92 Å². The van der Waals surface area contributed by atoms with Gasteiger partial charge in [0.15, 0.2) is 0 Å². The Balaban J connectivity index is 2.21. The lowest BCUT2D eigenvalue weighted by molar-refractivity contribution is 0.0696. The first-order chi connectivity index (χ1) is 9.49. The van der Waals surface area contributed by atoms with Gasteiger partial charge in [-0.15, -0.1) is 11.8 Å². The number of ether oxygens (including phenoxy) is 1. The Labute approximate surface area is 122 Å². The Morgan fingerprint density at radius 1 is 1.30 bits per heavy atom. The van der Waals surface area contributed by atoms with Crippen LogP contribution in [0.15, 0.2) is 29.2 Å². The van der Waals surface area contributed by atoms with Crippen molar-refractivity contribution in [3.8, 4) is 0 Å². The molecule has 0 atom stereocenters. The lowest BCUT2D eigenvalue weighted by Crippen LogP contribution is -2.27. The number of hydrogen-bond acceptors (Lipinski definition) is 4. The van der Waals surface area contributed by atoms with Gasteiger partial charge < -0.3 is 15.2 Å². The van der Waals surface area contributed by atoms with Crippen molar-refractivity contribution in [1.29, 1.82) is 0 Å². The van der Waals surface area contributed by atoms with E-state index < -0.39 is 12.1 Å². The van der Waals surface area contributed by atoms with Crippen LogP contribution in [0.3, 0.4) is 0 Å². The van der Waals surface area contributed by atoms with Crippen molar-refractivity contribution >= 4 is 23.8 Å². The van der Waals surface area contributed by atoms with E-state index in [1.165, 1.54) is 0 Å². The largest absolute Gasteiger partial charge is 0.478 e. The van der Waals surface area contributed by atoms with E-state index in [9.17, 15) is 9.59 Å². The summed E-state index contributed by atoms with van der Waals surface area (Å²) >= 11 is 1.54. The summed E-state index contributed by atoms with van der Waals surface area (Å²) in [6.07, 6.45) is -0.402. The molecule has 1 amide bonds. The molecule has 0 bridgehead atoms. The van der Waals surface area contributed by atoms with E-state index in [1.807, 2.05) is 13.8 Å². The van der Waals surface area contributed by atoms with Crippen LogP contribution in [-0.4, -0.2) is 36.1 Å². The predicted octanol–water partition coefficient (Wildman–Crippen LogP) is 2.86. The van der Waals surface area contributed by atoms with E-state index >= 15 is 0 Å². The average molecular weight is 297 g/mol. The van der Waals surface area contributed by atoms with Crippen molar-refractivity contribution in [2.45, 2.75) is 18.7 Å². The van der Waals surface area contributed by atoms with E-state index in [2.05, 4.69) is 5.32 Å². The number of benzene rings is 1. The molecule has 0 aromatic heterocycles. The summed E-state index contributed by atoms with van der Waals surface area (Å²) in [6.45, 7) is 4.87. The highest BCUT2D eigenvalue weighted by Crippen LogP contribution is 2.17. The number of nitrogens with one attached hydrogen (secondary N) is 1. The molecule has 0 aliphatic heterocycles. The summed E-state index contributed by atoms with van der Waals surface area (Å²) in [7, 11) is 0. The fourth-order valence-corrected chi connectivity index (χ4v) is 2.08. The summed E-state index contributed by atoms with van der Waals surface area (Å²) in [4.78, 5) is 22.9. The van der Waals surface area contributed by atoms with E-state index in [0.29, 0.717) is 24.8 Å². The van der Waals surface area contributed by atoms with Gasteiger partial charge >= 0.3 is 12.1 Å². The Bertz CT molecular complexity index is 445. The highest BCUT2D eigenvalue weighted by molar-refractivity contribution is 7.99. The van der Waals surface area contributed by atoms with Crippen LogP contribution < -0.4 is 5.32 Å². The molecule has 0 radical (unpaired) electrons. The number of amides is 1. The van der Waals surface area contributed by atoms with Crippen molar-refractivity contribution in [1.82, 2.24) is 5.32 Å². The van der Waals surface area contributed by atoms with E-state index in [1.54, 1.807) is 36.0 Å². The van der Waals surface area contributed by atoms with Gasteiger partial charge in [-0.25, -0.2) is 9.59 Å². The van der Waals surface area contributed by atoms with Gasteiger partial charge in [0.2, 0.25) is 0 Å².